The molecule has 0 aromatic heterocycles. The van der Waals surface area contributed by atoms with Gasteiger partial charge in [0.15, 0.2) is 0 Å². The quantitative estimate of drug-likeness (QED) is 0.786. The number of hydrogen-bond donors (Lipinski definition) is 2. The average Bonchev–Trinajstić information content (AvgIpc) is 3.40. The molecule has 0 atom stereocenters. The van der Waals surface area contributed by atoms with Crippen molar-refractivity contribution in [2.75, 3.05) is 10.6 Å². The van der Waals surface area contributed by atoms with Gasteiger partial charge in [0.1, 0.15) is 5.82 Å². The van der Waals surface area contributed by atoms with Crippen LogP contribution in [-0.4, -0.2) is 11.8 Å². The zero-order chi connectivity index (χ0) is 18.9. The first kappa shape index (κ1) is 17.9. The lowest BCUT2D eigenvalue weighted by atomic mass is 10.1. The Kier molecular flexibility index (Phi) is 4.67. The molecular formula is C18H14F4N2O2. The molecule has 1 saturated carbocycles. The fourth-order valence-electron chi connectivity index (χ4n) is 2.38. The van der Waals surface area contributed by atoms with E-state index in [1.165, 1.54) is 18.2 Å². The van der Waals surface area contributed by atoms with Crippen molar-refractivity contribution >= 4 is 23.2 Å². The number of carbonyl (C=O) groups is 2. The van der Waals surface area contributed by atoms with Crippen LogP contribution in [0, 0.1) is 11.7 Å². The molecule has 0 spiro atoms. The predicted molar refractivity (Wildman–Crippen MR) is 87.2 cm³/mol. The van der Waals surface area contributed by atoms with Crippen molar-refractivity contribution in [2.24, 2.45) is 5.92 Å². The molecule has 0 saturated heterocycles. The van der Waals surface area contributed by atoms with E-state index in [-0.39, 0.29) is 23.1 Å². The minimum Gasteiger partial charge on any atom is -0.326 e. The monoisotopic (exact) mass is 366 g/mol. The number of nitrogens with one attached hydrogen (secondary N) is 2. The van der Waals surface area contributed by atoms with Gasteiger partial charge in [-0.15, -0.1) is 0 Å². The number of amides is 2. The van der Waals surface area contributed by atoms with Gasteiger partial charge in [-0.3, -0.25) is 9.59 Å². The summed E-state index contributed by atoms with van der Waals surface area (Å²) in [5.74, 6) is -2.03. The maximum Gasteiger partial charge on any atom is 0.418 e. The molecule has 2 N–H and O–H groups in total. The SMILES string of the molecule is O=C(Nc1ccc(NC(=O)C2CC2)cc1C(F)(F)F)c1cccc(F)c1. The zero-order valence-corrected chi connectivity index (χ0v) is 13.4. The van der Waals surface area contributed by atoms with Crippen molar-refractivity contribution in [3.05, 3.63) is 59.4 Å². The average molecular weight is 366 g/mol. The van der Waals surface area contributed by atoms with Crippen LogP contribution in [0.15, 0.2) is 42.5 Å². The fourth-order valence-corrected chi connectivity index (χ4v) is 2.38. The lowest BCUT2D eigenvalue weighted by Crippen LogP contribution is -2.18. The third kappa shape index (κ3) is 4.19. The molecule has 2 aromatic carbocycles. The van der Waals surface area contributed by atoms with Crippen LogP contribution >= 0.6 is 0 Å². The highest BCUT2D eigenvalue weighted by molar-refractivity contribution is 6.05. The van der Waals surface area contributed by atoms with Crippen molar-refractivity contribution in [1.82, 2.24) is 0 Å². The van der Waals surface area contributed by atoms with E-state index in [2.05, 4.69) is 10.6 Å². The topological polar surface area (TPSA) is 58.2 Å². The summed E-state index contributed by atoms with van der Waals surface area (Å²) in [5, 5.41) is 4.57. The van der Waals surface area contributed by atoms with Crippen LogP contribution in [0.5, 0.6) is 0 Å². The summed E-state index contributed by atoms with van der Waals surface area (Å²) < 4.78 is 53.2. The summed E-state index contributed by atoms with van der Waals surface area (Å²) in [6.07, 6.45) is -3.30. The normalized spacial score (nSPS) is 14.0. The Morgan fingerprint density at radius 3 is 2.35 bits per heavy atom. The molecule has 26 heavy (non-hydrogen) atoms. The number of benzene rings is 2. The van der Waals surface area contributed by atoms with Crippen molar-refractivity contribution in [3.63, 3.8) is 0 Å². The van der Waals surface area contributed by atoms with Crippen LogP contribution in [0.4, 0.5) is 28.9 Å². The number of halogens is 4. The number of anilines is 2. The van der Waals surface area contributed by atoms with Crippen LogP contribution in [0.1, 0.15) is 28.8 Å². The zero-order valence-electron chi connectivity index (χ0n) is 13.4. The molecule has 8 heteroatoms. The number of carbonyl (C=O) groups excluding carboxylic acids is 2. The van der Waals surface area contributed by atoms with E-state index in [0.717, 1.165) is 37.1 Å². The standard InChI is InChI=1S/C18H14F4N2O2/c19-12-3-1-2-11(8-12)17(26)24-15-7-6-13(9-14(15)18(20,21)22)23-16(25)10-4-5-10/h1-3,6-10H,4-5H2,(H,23,25)(H,24,26). The van der Waals surface area contributed by atoms with Gasteiger partial charge in [-0.1, -0.05) is 6.07 Å². The van der Waals surface area contributed by atoms with E-state index < -0.39 is 29.2 Å². The summed E-state index contributed by atoms with van der Waals surface area (Å²) in [6.45, 7) is 0. The molecule has 1 fully saturated rings. The lowest BCUT2D eigenvalue weighted by Gasteiger charge is -2.16. The summed E-state index contributed by atoms with van der Waals surface area (Å²) in [5.41, 5.74) is -1.69. The van der Waals surface area contributed by atoms with Gasteiger partial charge in [-0.05, 0) is 49.2 Å². The van der Waals surface area contributed by atoms with Crippen LogP contribution in [-0.2, 0) is 11.0 Å². The molecule has 0 bridgehead atoms. The predicted octanol–water partition coefficient (Wildman–Crippen LogP) is 4.45. The van der Waals surface area contributed by atoms with Gasteiger partial charge >= 0.3 is 6.18 Å². The minimum absolute atomic E-state index is 0.00187. The molecule has 0 aliphatic heterocycles. The molecule has 0 heterocycles. The van der Waals surface area contributed by atoms with Gasteiger partial charge in [-0.2, -0.15) is 13.2 Å². The van der Waals surface area contributed by atoms with Crippen LogP contribution in [0.2, 0.25) is 0 Å². The highest BCUT2D eigenvalue weighted by Gasteiger charge is 2.35. The molecular weight excluding hydrogens is 352 g/mol. The van der Waals surface area contributed by atoms with E-state index in [4.69, 9.17) is 0 Å². The Hall–Kier alpha value is -2.90. The number of rotatable bonds is 4. The van der Waals surface area contributed by atoms with Crippen molar-refractivity contribution in [1.29, 1.82) is 0 Å². The fraction of sp³-hybridized carbons (Fsp3) is 0.222. The van der Waals surface area contributed by atoms with E-state index in [0.29, 0.717) is 0 Å². The smallest absolute Gasteiger partial charge is 0.326 e. The molecule has 4 nitrogen and oxygen atoms in total. The third-order valence-electron chi connectivity index (χ3n) is 3.88. The second kappa shape index (κ2) is 6.78. The molecule has 2 amide bonds. The minimum atomic E-state index is -4.75. The molecule has 136 valence electrons. The van der Waals surface area contributed by atoms with Crippen LogP contribution in [0.25, 0.3) is 0 Å². The Balaban J connectivity index is 1.85. The molecule has 1 aliphatic rings. The van der Waals surface area contributed by atoms with Gasteiger partial charge in [0.25, 0.3) is 5.91 Å². The second-order valence-electron chi connectivity index (χ2n) is 5.99. The molecule has 1 aliphatic carbocycles. The summed E-state index contributed by atoms with van der Waals surface area (Å²) >= 11 is 0. The highest BCUT2D eigenvalue weighted by Crippen LogP contribution is 2.37. The molecule has 3 rings (SSSR count). The maximum absolute atomic E-state index is 13.3. The highest BCUT2D eigenvalue weighted by atomic mass is 19.4. The van der Waals surface area contributed by atoms with Crippen LogP contribution in [0.3, 0.4) is 0 Å². The summed E-state index contributed by atoms with van der Waals surface area (Å²) in [7, 11) is 0. The van der Waals surface area contributed by atoms with Gasteiger partial charge in [0.2, 0.25) is 5.91 Å². The number of alkyl halides is 3. The Morgan fingerprint density at radius 1 is 1.00 bits per heavy atom. The Bertz CT molecular complexity index is 861. The second-order valence-corrected chi connectivity index (χ2v) is 5.99. The van der Waals surface area contributed by atoms with Gasteiger partial charge < -0.3 is 10.6 Å². The Labute approximate surface area is 146 Å². The third-order valence-corrected chi connectivity index (χ3v) is 3.88. The maximum atomic E-state index is 13.3. The van der Waals surface area contributed by atoms with E-state index in [1.54, 1.807) is 0 Å². The first-order valence-corrected chi connectivity index (χ1v) is 7.83. The molecule has 0 radical (unpaired) electrons. The first-order chi connectivity index (χ1) is 12.2. The lowest BCUT2D eigenvalue weighted by molar-refractivity contribution is -0.137. The van der Waals surface area contributed by atoms with Gasteiger partial charge in [-0.25, -0.2) is 4.39 Å². The molecule has 2 aromatic rings. The van der Waals surface area contributed by atoms with E-state index >= 15 is 0 Å². The molecule has 0 unspecified atom stereocenters. The van der Waals surface area contributed by atoms with Crippen molar-refractivity contribution < 1.29 is 27.2 Å². The van der Waals surface area contributed by atoms with Gasteiger partial charge in [0.05, 0.1) is 11.3 Å². The van der Waals surface area contributed by atoms with E-state index in [1.807, 2.05) is 0 Å². The van der Waals surface area contributed by atoms with E-state index in [9.17, 15) is 27.2 Å². The van der Waals surface area contributed by atoms with Crippen molar-refractivity contribution in [2.45, 2.75) is 19.0 Å². The Morgan fingerprint density at radius 2 is 1.73 bits per heavy atom. The largest absolute Gasteiger partial charge is 0.418 e. The summed E-state index contributed by atoms with van der Waals surface area (Å²) in [4.78, 5) is 23.8. The van der Waals surface area contributed by atoms with Crippen molar-refractivity contribution in [3.8, 4) is 0 Å². The van der Waals surface area contributed by atoms with Gasteiger partial charge in [0, 0.05) is 17.2 Å². The summed E-state index contributed by atoms with van der Waals surface area (Å²) in [6, 6.07) is 7.71. The number of hydrogen-bond acceptors (Lipinski definition) is 2. The first-order valence-electron chi connectivity index (χ1n) is 7.83. The van der Waals surface area contributed by atoms with Crippen LogP contribution < -0.4 is 10.6 Å².